The highest BCUT2D eigenvalue weighted by Gasteiger charge is 2.31. The molecule has 0 bridgehead atoms. The highest BCUT2D eigenvalue weighted by atomic mass is 79.9. The molecule has 1 aliphatic rings. The summed E-state index contributed by atoms with van der Waals surface area (Å²) in [7, 11) is 1.76. The molecule has 0 saturated heterocycles. The predicted octanol–water partition coefficient (Wildman–Crippen LogP) is 3.28. The minimum absolute atomic E-state index is 0.614. The molecular formula is C15H23BrN2O. The maximum absolute atomic E-state index is 5.89. The second-order valence-corrected chi connectivity index (χ2v) is 6.25. The molecule has 1 unspecified atom stereocenters. The standard InChI is InChI=1S/C15H23BrN2O/c1-11(12-3-4-12)18(7-8-19-2)10-13-9-14(17)5-6-15(13)16/h5-6,9,11-12H,3-4,7-8,10,17H2,1-2H3. The average Bonchev–Trinajstić information content (AvgIpc) is 3.22. The van der Waals surface area contributed by atoms with Crippen molar-refractivity contribution in [3.63, 3.8) is 0 Å². The number of nitrogen functional groups attached to an aromatic ring is 1. The predicted molar refractivity (Wildman–Crippen MR) is 83.0 cm³/mol. The van der Waals surface area contributed by atoms with E-state index in [2.05, 4.69) is 33.8 Å². The lowest BCUT2D eigenvalue weighted by Crippen LogP contribution is -2.36. The molecule has 106 valence electrons. The maximum Gasteiger partial charge on any atom is 0.0589 e. The summed E-state index contributed by atoms with van der Waals surface area (Å²) in [4.78, 5) is 2.50. The number of benzene rings is 1. The Balaban J connectivity index is 2.07. The van der Waals surface area contributed by atoms with Crippen LogP contribution in [0, 0.1) is 5.92 Å². The fourth-order valence-corrected chi connectivity index (χ4v) is 2.82. The van der Waals surface area contributed by atoms with Crippen molar-refractivity contribution in [3.8, 4) is 0 Å². The summed E-state index contributed by atoms with van der Waals surface area (Å²) >= 11 is 3.62. The molecule has 1 fully saturated rings. The van der Waals surface area contributed by atoms with Crippen LogP contribution in [0.2, 0.25) is 0 Å². The van der Waals surface area contributed by atoms with E-state index in [1.807, 2.05) is 12.1 Å². The van der Waals surface area contributed by atoms with E-state index in [1.165, 1.54) is 18.4 Å². The van der Waals surface area contributed by atoms with E-state index in [0.29, 0.717) is 6.04 Å². The normalized spacial score (nSPS) is 16.8. The van der Waals surface area contributed by atoms with Crippen LogP contribution in [0.15, 0.2) is 22.7 Å². The molecule has 1 aliphatic carbocycles. The first kappa shape index (κ1) is 14.8. The van der Waals surface area contributed by atoms with Crippen molar-refractivity contribution < 1.29 is 4.74 Å². The van der Waals surface area contributed by atoms with E-state index in [0.717, 1.165) is 35.8 Å². The quantitative estimate of drug-likeness (QED) is 0.781. The van der Waals surface area contributed by atoms with E-state index in [1.54, 1.807) is 7.11 Å². The van der Waals surface area contributed by atoms with Crippen molar-refractivity contribution in [1.82, 2.24) is 4.90 Å². The van der Waals surface area contributed by atoms with E-state index in [4.69, 9.17) is 10.5 Å². The highest BCUT2D eigenvalue weighted by molar-refractivity contribution is 9.10. The van der Waals surface area contributed by atoms with Gasteiger partial charge in [0.2, 0.25) is 0 Å². The van der Waals surface area contributed by atoms with Crippen molar-refractivity contribution in [2.75, 3.05) is 26.0 Å². The zero-order valence-electron chi connectivity index (χ0n) is 11.7. The van der Waals surface area contributed by atoms with Gasteiger partial charge < -0.3 is 10.5 Å². The summed E-state index contributed by atoms with van der Waals surface area (Å²) in [5.74, 6) is 0.858. The summed E-state index contributed by atoms with van der Waals surface area (Å²) < 4.78 is 6.37. The van der Waals surface area contributed by atoms with Crippen molar-refractivity contribution in [3.05, 3.63) is 28.2 Å². The first-order valence-corrected chi connectivity index (χ1v) is 7.68. The Morgan fingerprint density at radius 3 is 2.84 bits per heavy atom. The van der Waals surface area contributed by atoms with Crippen LogP contribution in [0.4, 0.5) is 5.69 Å². The Labute approximate surface area is 124 Å². The number of ether oxygens (including phenoxy) is 1. The largest absolute Gasteiger partial charge is 0.399 e. The lowest BCUT2D eigenvalue weighted by atomic mass is 10.1. The molecule has 1 aromatic rings. The van der Waals surface area contributed by atoms with Gasteiger partial charge in [-0.25, -0.2) is 0 Å². The summed E-state index contributed by atoms with van der Waals surface area (Å²) in [5.41, 5.74) is 7.96. The second-order valence-electron chi connectivity index (χ2n) is 5.39. The van der Waals surface area contributed by atoms with Crippen LogP contribution in [0.3, 0.4) is 0 Å². The van der Waals surface area contributed by atoms with Gasteiger partial charge in [0.15, 0.2) is 0 Å². The minimum atomic E-state index is 0.614. The van der Waals surface area contributed by atoms with Gasteiger partial charge in [-0.3, -0.25) is 4.90 Å². The van der Waals surface area contributed by atoms with E-state index < -0.39 is 0 Å². The number of nitrogens with zero attached hydrogens (tertiary/aromatic N) is 1. The Morgan fingerprint density at radius 1 is 1.47 bits per heavy atom. The molecule has 0 aliphatic heterocycles. The van der Waals surface area contributed by atoms with Crippen LogP contribution in [0.5, 0.6) is 0 Å². The summed E-state index contributed by atoms with van der Waals surface area (Å²) in [6.07, 6.45) is 2.73. The fourth-order valence-electron chi connectivity index (χ4n) is 2.45. The second kappa shape index (κ2) is 6.73. The van der Waals surface area contributed by atoms with Crippen LogP contribution < -0.4 is 5.73 Å². The molecule has 0 amide bonds. The molecular weight excluding hydrogens is 304 g/mol. The maximum atomic E-state index is 5.89. The Hall–Kier alpha value is -0.580. The molecule has 1 aromatic carbocycles. The lowest BCUT2D eigenvalue weighted by molar-refractivity contribution is 0.111. The summed E-state index contributed by atoms with van der Waals surface area (Å²) in [6.45, 7) is 4.99. The van der Waals surface area contributed by atoms with Crippen molar-refractivity contribution in [1.29, 1.82) is 0 Å². The Bertz CT molecular complexity index is 421. The van der Waals surface area contributed by atoms with Crippen LogP contribution in [0.1, 0.15) is 25.3 Å². The van der Waals surface area contributed by atoms with Gasteiger partial charge in [-0.1, -0.05) is 15.9 Å². The third kappa shape index (κ3) is 4.20. The number of anilines is 1. The van der Waals surface area contributed by atoms with Gasteiger partial charge in [-0.2, -0.15) is 0 Å². The molecule has 19 heavy (non-hydrogen) atoms. The molecule has 1 atom stereocenters. The average molecular weight is 327 g/mol. The van der Waals surface area contributed by atoms with Gasteiger partial charge in [0, 0.05) is 36.4 Å². The number of hydrogen-bond donors (Lipinski definition) is 1. The Kier molecular flexibility index (Phi) is 5.25. The van der Waals surface area contributed by atoms with Gasteiger partial charge in [-0.05, 0) is 49.4 Å². The molecule has 0 spiro atoms. The molecule has 0 heterocycles. The summed E-state index contributed by atoms with van der Waals surface area (Å²) in [5, 5.41) is 0. The van der Waals surface area contributed by atoms with E-state index in [-0.39, 0.29) is 0 Å². The Morgan fingerprint density at radius 2 is 2.21 bits per heavy atom. The molecule has 2 N–H and O–H groups in total. The third-order valence-corrected chi connectivity index (χ3v) is 4.68. The van der Waals surface area contributed by atoms with Gasteiger partial charge in [-0.15, -0.1) is 0 Å². The van der Waals surface area contributed by atoms with Crippen molar-refractivity contribution in [2.24, 2.45) is 5.92 Å². The zero-order valence-corrected chi connectivity index (χ0v) is 13.3. The number of hydrogen-bond acceptors (Lipinski definition) is 3. The highest BCUT2D eigenvalue weighted by Crippen LogP contribution is 2.36. The fraction of sp³-hybridized carbons (Fsp3) is 0.600. The number of rotatable bonds is 7. The van der Waals surface area contributed by atoms with Gasteiger partial charge >= 0.3 is 0 Å². The molecule has 4 heteroatoms. The first-order chi connectivity index (χ1) is 9.11. The number of halogens is 1. The van der Waals surface area contributed by atoms with E-state index >= 15 is 0 Å². The minimum Gasteiger partial charge on any atom is -0.399 e. The molecule has 3 nitrogen and oxygen atoms in total. The first-order valence-electron chi connectivity index (χ1n) is 6.88. The van der Waals surface area contributed by atoms with Gasteiger partial charge in [0.25, 0.3) is 0 Å². The third-order valence-electron chi connectivity index (χ3n) is 3.91. The van der Waals surface area contributed by atoms with Crippen LogP contribution >= 0.6 is 15.9 Å². The zero-order chi connectivity index (χ0) is 13.8. The van der Waals surface area contributed by atoms with Gasteiger partial charge in [0.05, 0.1) is 6.61 Å². The number of nitrogens with two attached hydrogens (primary N) is 1. The topological polar surface area (TPSA) is 38.5 Å². The monoisotopic (exact) mass is 326 g/mol. The summed E-state index contributed by atoms with van der Waals surface area (Å²) in [6, 6.07) is 6.63. The molecule has 0 radical (unpaired) electrons. The van der Waals surface area contributed by atoms with E-state index in [9.17, 15) is 0 Å². The van der Waals surface area contributed by atoms with Crippen molar-refractivity contribution in [2.45, 2.75) is 32.4 Å². The molecule has 0 aromatic heterocycles. The van der Waals surface area contributed by atoms with Crippen LogP contribution in [-0.4, -0.2) is 31.2 Å². The van der Waals surface area contributed by atoms with Crippen molar-refractivity contribution >= 4 is 21.6 Å². The molecule has 1 saturated carbocycles. The molecule has 2 rings (SSSR count). The smallest absolute Gasteiger partial charge is 0.0589 e. The number of methoxy groups -OCH3 is 1. The SMILES string of the molecule is COCCN(Cc1cc(N)ccc1Br)C(C)C1CC1. The van der Waals surface area contributed by atoms with Crippen LogP contribution in [-0.2, 0) is 11.3 Å². The lowest BCUT2D eigenvalue weighted by Gasteiger charge is -2.29. The van der Waals surface area contributed by atoms with Crippen LogP contribution in [0.25, 0.3) is 0 Å². The van der Waals surface area contributed by atoms with Gasteiger partial charge in [0.1, 0.15) is 0 Å².